The van der Waals surface area contributed by atoms with Crippen molar-refractivity contribution in [2.75, 3.05) is 19.7 Å². The molecule has 3 rings (SSSR count). The molecular formula is C13H19N7O3. The second kappa shape index (κ2) is 6.32. The molecule has 0 bridgehead atoms. The molecule has 0 spiro atoms. The SMILES string of the molecule is CCc1nc(C2CN(C(=O)Cn3ncn(C)c3=O)CCO2)n[nH]1. The number of nitrogens with one attached hydrogen (secondary N) is 1. The molecule has 0 saturated carbocycles. The van der Waals surface area contributed by atoms with Crippen LogP contribution in [0.15, 0.2) is 11.1 Å². The molecule has 0 aromatic carbocycles. The minimum absolute atomic E-state index is 0.0827. The molecule has 1 aliphatic heterocycles. The van der Waals surface area contributed by atoms with E-state index < -0.39 is 0 Å². The summed E-state index contributed by atoms with van der Waals surface area (Å²) in [5.41, 5.74) is -0.315. The van der Waals surface area contributed by atoms with Crippen LogP contribution in [0.2, 0.25) is 0 Å². The van der Waals surface area contributed by atoms with Crippen molar-refractivity contribution in [1.29, 1.82) is 0 Å². The number of H-pyrrole nitrogens is 1. The first-order chi connectivity index (χ1) is 11.1. The Labute approximate surface area is 132 Å². The van der Waals surface area contributed by atoms with Gasteiger partial charge in [-0.1, -0.05) is 6.92 Å². The Morgan fingerprint density at radius 2 is 2.35 bits per heavy atom. The fraction of sp³-hybridized carbons (Fsp3) is 0.615. The standard InChI is InChI=1S/C13H19N7O3/c1-3-10-15-12(17-16-10)9-6-19(4-5-23-9)11(21)7-20-13(22)18(2)8-14-20/h8-9H,3-7H2,1-2H3,(H,15,16,17). The van der Waals surface area contributed by atoms with Gasteiger partial charge in [0.25, 0.3) is 0 Å². The molecule has 1 unspecified atom stereocenters. The molecule has 1 N–H and O–H groups in total. The van der Waals surface area contributed by atoms with Crippen LogP contribution in [-0.4, -0.2) is 60.0 Å². The van der Waals surface area contributed by atoms with E-state index in [1.807, 2.05) is 6.92 Å². The summed E-state index contributed by atoms with van der Waals surface area (Å²) >= 11 is 0. The largest absolute Gasteiger partial charge is 0.366 e. The first-order valence-corrected chi connectivity index (χ1v) is 7.47. The summed E-state index contributed by atoms with van der Waals surface area (Å²) in [6.45, 7) is 3.14. The second-order valence-electron chi connectivity index (χ2n) is 5.38. The number of hydrogen-bond donors (Lipinski definition) is 1. The molecule has 2 aromatic rings. The minimum Gasteiger partial charge on any atom is -0.366 e. The number of aryl methyl sites for hydroxylation is 2. The molecule has 1 amide bonds. The average molecular weight is 321 g/mol. The van der Waals surface area contributed by atoms with Crippen molar-refractivity contribution >= 4 is 5.91 Å². The molecule has 1 atom stereocenters. The van der Waals surface area contributed by atoms with E-state index in [1.54, 1.807) is 11.9 Å². The predicted molar refractivity (Wildman–Crippen MR) is 78.5 cm³/mol. The lowest BCUT2D eigenvalue weighted by Crippen LogP contribution is -2.45. The fourth-order valence-electron chi connectivity index (χ4n) is 2.40. The van der Waals surface area contributed by atoms with E-state index in [0.29, 0.717) is 25.5 Å². The molecule has 0 radical (unpaired) electrons. The lowest BCUT2D eigenvalue weighted by Gasteiger charge is -2.31. The van der Waals surface area contributed by atoms with Crippen molar-refractivity contribution in [2.45, 2.75) is 26.0 Å². The van der Waals surface area contributed by atoms with Crippen LogP contribution >= 0.6 is 0 Å². The molecule has 1 saturated heterocycles. The van der Waals surface area contributed by atoms with Crippen LogP contribution in [0.25, 0.3) is 0 Å². The third kappa shape index (κ3) is 3.16. The highest BCUT2D eigenvalue weighted by Gasteiger charge is 2.28. The van der Waals surface area contributed by atoms with Crippen molar-refractivity contribution < 1.29 is 9.53 Å². The molecule has 0 aliphatic carbocycles. The van der Waals surface area contributed by atoms with E-state index in [4.69, 9.17) is 4.74 Å². The number of aromatic amines is 1. The van der Waals surface area contributed by atoms with Crippen LogP contribution in [0.3, 0.4) is 0 Å². The maximum atomic E-state index is 12.4. The van der Waals surface area contributed by atoms with Crippen LogP contribution < -0.4 is 5.69 Å². The third-order valence-corrected chi connectivity index (χ3v) is 3.76. The maximum absolute atomic E-state index is 12.4. The van der Waals surface area contributed by atoms with E-state index in [1.165, 1.54) is 10.9 Å². The highest BCUT2D eigenvalue weighted by atomic mass is 16.5. The summed E-state index contributed by atoms with van der Waals surface area (Å²) < 4.78 is 8.13. The maximum Gasteiger partial charge on any atom is 0.345 e. The van der Waals surface area contributed by atoms with Crippen molar-refractivity contribution in [3.8, 4) is 0 Å². The summed E-state index contributed by atoms with van der Waals surface area (Å²) in [5, 5.41) is 10.9. The molecule has 1 aliphatic rings. The van der Waals surface area contributed by atoms with Gasteiger partial charge in [0.15, 0.2) is 5.82 Å². The molecular weight excluding hydrogens is 302 g/mol. The van der Waals surface area contributed by atoms with Gasteiger partial charge in [-0.05, 0) is 0 Å². The van der Waals surface area contributed by atoms with Crippen LogP contribution in [0.4, 0.5) is 0 Å². The highest BCUT2D eigenvalue weighted by Crippen LogP contribution is 2.19. The summed E-state index contributed by atoms with van der Waals surface area (Å²) in [7, 11) is 1.59. The molecule has 10 nitrogen and oxygen atoms in total. The summed E-state index contributed by atoms with van der Waals surface area (Å²) in [5.74, 6) is 1.16. The van der Waals surface area contributed by atoms with Crippen LogP contribution in [0.1, 0.15) is 24.7 Å². The highest BCUT2D eigenvalue weighted by molar-refractivity contribution is 5.76. The van der Waals surface area contributed by atoms with Gasteiger partial charge in [0, 0.05) is 20.0 Å². The molecule has 23 heavy (non-hydrogen) atoms. The smallest absolute Gasteiger partial charge is 0.345 e. The Kier molecular flexibility index (Phi) is 4.24. The molecule has 124 valence electrons. The molecule has 3 heterocycles. The average Bonchev–Trinajstić information content (AvgIpc) is 3.17. The lowest BCUT2D eigenvalue weighted by molar-refractivity contribution is -0.140. The van der Waals surface area contributed by atoms with Crippen molar-refractivity contribution in [3.63, 3.8) is 0 Å². The van der Waals surface area contributed by atoms with Gasteiger partial charge in [0.05, 0.1) is 13.2 Å². The molecule has 10 heteroatoms. The van der Waals surface area contributed by atoms with E-state index in [9.17, 15) is 9.59 Å². The minimum atomic E-state index is -0.357. The first-order valence-electron chi connectivity index (χ1n) is 7.47. The fourth-order valence-corrected chi connectivity index (χ4v) is 2.40. The number of carbonyl (C=O) groups excluding carboxylic acids is 1. The van der Waals surface area contributed by atoms with Gasteiger partial charge < -0.3 is 9.64 Å². The first kappa shape index (κ1) is 15.4. The normalized spacial score (nSPS) is 18.3. The number of amides is 1. The Morgan fingerprint density at radius 3 is 3.00 bits per heavy atom. The van der Waals surface area contributed by atoms with E-state index in [2.05, 4.69) is 20.3 Å². The number of morpholine rings is 1. The Morgan fingerprint density at radius 1 is 1.52 bits per heavy atom. The van der Waals surface area contributed by atoms with Gasteiger partial charge in [-0.15, -0.1) is 0 Å². The van der Waals surface area contributed by atoms with E-state index in [-0.39, 0.29) is 24.2 Å². The van der Waals surface area contributed by atoms with E-state index in [0.717, 1.165) is 16.9 Å². The van der Waals surface area contributed by atoms with Gasteiger partial charge >= 0.3 is 5.69 Å². The monoisotopic (exact) mass is 321 g/mol. The van der Waals surface area contributed by atoms with Crippen LogP contribution in [0.5, 0.6) is 0 Å². The van der Waals surface area contributed by atoms with Crippen molar-refractivity contribution in [2.24, 2.45) is 7.05 Å². The predicted octanol–water partition coefficient (Wildman–Crippen LogP) is -1.14. The topological polar surface area (TPSA) is 111 Å². The quantitative estimate of drug-likeness (QED) is 0.762. The second-order valence-corrected chi connectivity index (χ2v) is 5.38. The third-order valence-electron chi connectivity index (χ3n) is 3.76. The summed E-state index contributed by atoms with van der Waals surface area (Å²) in [6, 6.07) is 0. The van der Waals surface area contributed by atoms with Gasteiger partial charge in [0.2, 0.25) is 5.91 Å². The van der Waals surface area contributed by atoms with Gasteiger partial charge in [0.1, 0.15) is 24.8 Å². The number of hydrogen-bond acceptors (Lipinski definition) is 6. The number of carbonyl (C=O) groups is 1. The van der Waals surface area contributed by atoms with Gasteiger partial charge in [-0.25, -0.2) is 14.5 Å². The summed E-state index contributed by atoms with van der Waals surface area (Å²) in [4.78, 5) is 30.1. The Hall–Kier alpha value is -2.49. The Bertz CT molecular complexity index is 747. The zero-order valence-corrected chi connectivity index (χ0v) is 13.1. The number of aromatic nitrogens is 6. The lowest BCUT2D eigenvalue weighted by atomic mass is 10.2. The van der Waals surface area contributed by atoms with Gasteiger partial charge in [-0.2, -0.15) is 10.2 Å². The number of ether oxygens (including phenoxy) is 1. The number of nitrogens with zero attached hydrogens (tertiary/aromatic N) is 6. The van der Waals surface area contributed by atoms with Gasteiger partial charge in [-0.3, -0.25) is 14.5 Å². The van der Waals surface area contributed by atoms with Crippen molar-refractivity contribution in [3.05, 3.63) is 28.5 Å². The van der Waals surface area contributed by atoms with E-state index >= 15 is 0 Å². The summed E-state index contributed by atoms with van der Waals surface area (Å²) in [6.07, 6.45) is 1.78. The van der Waals surface area contributed by atoms with Crippen molar-refractivity contribution in [1.82, 2.24) is 34.4 Å². The molecule has 1 fully saturated rings. The zero-order chi connectivity index (χ0) is 16.4. The molecule has 2 aromatic heterocycles. The van der Waals surface area contributed by atoms with Crippen LogP contribution in [0, 0.1) is 0 Å². The Balaban J connectivity index is 1.67. The zero-order valence-electron chi connectivity index (χ0n) is 13.1. The number of rotatable bonds is 4. The van der Waals surface area contributed by atoms with Crippen LogP contribution in [-0.2, 0) is 29.5 Å².